The molecule has 0 bridgehead atoms. The molecule has 2 aromatic heterocycles. The Kier molecular flexibility index (Phi) is 4.39. The molecule has 5 nitrogen and oxygen atoms in total. The second kappa shape index (κ2) is 6.62. The van der Waals surface area contributed by atoms with Crippen molar-refractivity contribution in [2.24, 2.45) is 0 Å². The van der Waals surface area contributed by atoms with E-state index in [0.717, 1.165) is 22.3 Å². The molecule has 6 heteroatoms. The van der Waals surface area contributed by atoms with Gasteiger partial charge in [0.1, 0.15) is 0 Å². The minimum atomic E-state index is -0.105. The van der Waals surface area contributed by atoms with E-state index in [1.54, 1.807) is 15.9 Å². The standard InChI is InChI=1S/C16H17N3O2S/c20-15(11-12-5-3-10-22-12)17-8-4-9-19-14-7-2-1-6-13(14)18-16(19)21/h1-3,5-7,10H,4,8-9,11H2,(H,17,20)(H,18,21). The van der Waals surface area contributed by atoms with Crippen molar-refractivity contribution in [1.29, 1.82) is 0 Å². The molecule has 2 N–H and O–H groups in total. The Labute approximate surface area is 131 Å². The van der Waals surface area contributed by atoms with Crippen LogP contribution in [-0.2, 0) is 17.8 Å². The molecule has 1 amide bonds. The topological polar surface area (TPSA) is 66.9 Å². The van der Waals surface area contributed by atoms with Gasteiger partial charge in [-0.05, 0) is 30.0 Å². The van der Waals surface area contributed by atoms with Gasteiger partial charge < -0.3 is 10.3 Å². The van der Waals surface area contributed by atoms with E-state index in [2.05, 4.69) is 10.3 Å². The highest BCUT2D eigenvalue weighted by atomic mass is 32.1. The third-order valence-electron chi connectivity index (χ3n) is 3.48. The summed E-state index contributed by atoms with van der Waals surface area (Å²) in [4.78, 5) is 27.6. The number of rotatable bonds is 6. The fraction of sp³-hybridized carbons (Fsp3) is 0.250. The quantitative estimate of drug-likeness (QED) is 0.684. The first kappa shape index (κ1) is 14.6. The maximum atomic E-state index is 11.9. The number of amides is 1. The molecular formula is C16H17N3O2S. The van der Waals surface area contributed by atoms with Crippen molar-refractivity contribution in [3.8, 4) is 0 Å². The first-order valence-corrected chi connectivity index (χ1v) is 8.08. The van der Waals surface area contributed by atoms with Crippen LogP contribution in [0.15, 0.2) is 46.6 Å². The lowest BCUT2D eigenvalue weighted by Gasteiger charge is -2.05. The van der Waals surface area contributed by atoms with E-state index >= 15 is 0 Å². The largest absolute Gasteiger partial charge is 0.356 e. The van der Waals surface area contributed by atoms with E-state index in [4.69, 9.17) is 0 Å². The van der Waals surface area contributed by atoms with Crippen LogP contribution in [0.25, 0.3) is 11.0 Å². The van der Waals surface area contributed by atoms with Crippen LogP contribution in [0, 0.1) is 0 Å². The first-order valence-electron chi connectivity index (χ1n) is 7.20. The van der Waals surface area contributed by atoms with Crippen LogP contribution in [0.3, 0.4) is 0 Å². The Morgan fingerprint density at radius 3 is 2.91 bits per heavy atom. The van der Waals surface area contributed by atoms with Crippen molar-refractivity contribution < 1.29 is 4.79 Å². The van der Waals surface area contributed by atoms with Gasteiger partial charge in [0, 0.05) is 18.0 Å². The zero-order valence-electron chi connectivity index (χ0n) is 12.0. The van der Waals surface area contributed by atoms with Crippen molar-refractivity contribution >= 4 is 28.3 Å². The summed E-state index contributed by atoms with van der Waals surface area (Å²) in [6, 6.07) is 11.5. The summed E-state index contributed by atoms with van der Waals surface area (Å²) in [5.41, 5.74) is 1.64. The van der Waals surface area contributed by atoms with Crippen LogP contribution in [0.1, 0.15) is 11.3 Å². The molecule has 0 saturated heterocycles. The second-order valence-electron chi connectivity index (χ2n) is 5.06. The molecule has 0 saturated carbocycles. The number of nitrogens with one attached hydrogen (secondary N) is 2. The van der Waals surface area contributed by atoms with Crippen LogP contribution in [0.5, 0.6) is 0 Å². The number of carbonyl (C=O) groups is 1. The summed E-state index contributed by atoms with van der Waals surface area (Å²) >= 11 is 1.58. The van der Waals surface area contributed by atoms with Gasteiger partial charge in [0.2, 0.25) is 5.91 Å². The van der Waals surface area contributed by atoms with E-state index in [-0.39, 0.29) is 11.6 Å². The van der Waals surface area contributed by atoms with Crippen molar-refractivity contribution in [2.45, 2.75) is 19.4 Å². The summed E-state index contributed by atoms with van der Waals surface area (Å²) < 4.78 is 1.71. The molecule has 0 unspecified atom stereocenters. The number of fused-ring (bicyclic) bond motifs is 1. The molecule has 0 atom stereocenters. The maximum Gasteiger partial charge on any atom is 0.326 e. The van der Waals surface area contributed by atoms with Gasteiger partial charge in [0.05, 0.1) is 17.5 Å². The third-order valence-corrected chi connectivity index (χ3v) is 4.35. The summed E-state index contributed by atoms with van der Waals surface area (Å²) in [6.07, 6.45) is 1.14. The van der Waals surface area contributed by atoms with Gasteiger partial charge in [-0.15, -0.1) is 11.3 Å². The van der Waals surface area contributed by atoms with Gasteiger partial charge >= 0.3 is 5.69 Å². The number of imidazole rings is 1. The molecule has 114 valence electrons. The number of H-pyrrole nitrogens is 1. The molecule has 0 aliphatic heterocycles. The molecule has 2 heterocycles. The van der Waals surface area contributed by atoms with Gasteiger partial charge in [-0.25, -0.2) is 4.79 Å². The van der Waals surface area contributed by atoms with Gasteiger partial charge in [-0.1, -0.05) is 18.2 Å². The molecule has 1 aromatic carbocycles. The van der Waals surface area contributed by atoms with Crippen LogP contribution in [0.2, 0.25) is 0 Å². The molecule has 3 rings (SSSR count). The lowest BCUT2D eigenvalue weighted by atomic mass is 10.3. The van der Waals surface area contributed by atoms with E-state index < -0.39 is 0 Å². The van der Waals surface area contributed by atoms with E-state index in [9.17, 15) is 9.59 Å². The molecule has 0 radical (unpaired) electrons. The number of aryl methyl sites for hydroxylation is 1. The summed E-state index contributed by atoms with van der Waals surface area (Å²) in [7, 11) is 0. The Morgan fingerprint density at radius 2 is 2.09 bits per heavy atom. The number of para-hydroxylation sites is 2. The molecule has 0 fully saturated rings. The normalized spacial score (nSPS) is 10.9. The van der Waals surface area contributed by atoms with Crippen LogP contribution >= 0.6 is 11.3 Å². The van der Waals surface area contributed by atoms with Gasteiger partial charge in [0.25, 0.3) is 0 Å². The second-order valence-corrected chi connectivity index (χ2v) is 6.09. The molecule has 0 aliphatic rings. The summed E-state index contributed by atoms with van der Waals surface area (Å²) in [5.74, 6) is 0.0220. The predicted octanol–water partition coefficient (Wildman–Crippen LogP) is 2.14. The monoisotopic (exact) mass is 315 g/mol. The predicted molar refractivity (Wildman–Crippen MR) is 88.2 cm³/mol. The molecule has 22 heavy (non-hydrogen) atoms. The average molecular weight is 315 g/mol. The minimum Gasteiger partial charge on any atom is -0.356 e. The van der Waals surface area contributed by atoms with Crippen molar-refractivity contribution in [1.82, 2.24) is 14.9 Å². The Morgan fingerprint density at radius 1 is 1.23 bits per heavy atom. The average Bonchev–Trinajstić information content (AvgIpc) is 3.11. The highest BCUT2D eigenvalue weighted by molar-refractivity contribution is 7.10. The molecule has 0 aliphatic carbocycles. The number of thiophene rings is 1. The smallest absolute Gasteiger partial charge is 0.326 e. The molecule has 0 spiro atoms. The SMILES string of the molecule is O=C(Cc1cccs1)NCCCn1c(=O)[nH]c2ccccc21. The summed E-state index contributed by atoms with van der Waals surface area (Å²) in [5, 5.41) is 4.86. The van der Waals surface area contributed by atoms with Crippen molar-refractivity contribution in [3.05, 3.63) is 57.1 Å². The number of hydrogen-bond acceptors (Lipinski definition) is 3. The maximum absolute atomic E-state index is 11.9. The number of aromatic amines is 1. The summed E-state index contributed by atoms with van der Waals surface area (Å²) in [6.45, 7) is 1.15. The first-order chi connectivity index (χ1) is 10.7. The van der Waals surface area contributed by atoms with Gasteiger partial charge in [0.15, 0.2) is 0 Å². The zero-order valence-corrected chi connectivity index (χ0v) is 12.9. The van der Waals surface area contributed by atoms with E-state index in [1.807, 2.05) is 41.8 Å². The molecule has 3 aromatic rings. The highest BCUT2D eigenvalue weighted by Gasteiger charge is 2.06. The number of carbonyl (C=O) groups excluding carboxylic acids is 1. The van der Waals surface area contributed by atoms with Gasteiger partial charge in [-0.3, -0.25) is 9.36 Å². The Balaban J connectivity index is 1.51. The lowest BCUT2D eigenvalue weighted by Crippen LogP contribution is -2.27. The third kappa shape index (κ3) is 3.28. The zero-order chi connectivity index (χ0) is 15.4. The van der Waals surface area contributed by atoms with E-state index in [0.29, 0.717) is 19.5 Å². The van der Waals surface area contributed by atoms with Crippen LogP contribution in [0.4, 0.5) is 0 Å². The Bertz CT molecular complexity index is 817. The van der Waals surface area contributed by atoms with Crippen molar-refractivity contribution in [2.75, 3.05) is 6.54 Å². The number of benzene rings is 1. The number of nitrogens with zero attached hydrogens (tertiary/aromatic N) is 1. The number of hydrogen-bond donors (Lipinski definition) is 2. The lowest BCUT2D eigenvalue weighted by molar-refractivity contribution is -0.120. The fourth-order valence-electron chi connectivity index (χ4n) is 2.43. The Hall–Kier alpha value is -2.34. The van der Waals surface area contributed by atoms with Crippen molar-refractivity contribution in [3.63, 3.8) is 0 Å². The van der Waals surface area contributed by atoms with Gasteiger partial charge in [-0.2, -0.15) is 0 Å². The fourth-order valence-corrected chi connectivity index (χ4v) is 3.13. The molecular weight excluding hydrogens is 298 g/mol. The van der Waals surface area contributed by atoms with Crippen LogP contribution < -0.4 is 11.0 Å². The minimum absolute atomic E-state index is 0.0220. The highest BCUT2D eigenvalue weighted by Crippen LogP contribution is 2.10. The van der Waals surface area contributed by atoms with Crippen LogP contribution in [-0.4, -0.2) is 22.0 Å². The van der Waals surface area contributed by atoms with E-state index in [1.165, 1.54) is 0 Å². The number of aromatic nitrogens is 2.